The van der Waals surface area contributed by atoms with E-state index >= 15 is 0 Å². The molecule has 0 unspecified atom stereocenters. The Hall–Kier alpha value is -2.34. The molecule has 0 fully saturated rings. The van der Waals surface area contributed by atoms with Gasteiger partial charge in [0.05, 0.1) is 11.9 Å². The lowest BCUT2D eigenvalue weighted by atomic mass is 10.1. The number of amides is 1. The molecule has 5 nitrogen and oxygen atoms in total. The van der Waals surface area contributed by atoms with Crippen LogP contribution in [0.15, 0.2) is 42.5 Å². The van der Waals surface area contributed by atoms with Gasteiger partial charge in [0.15, 0.2) is 0 Å². The summed E-state index contributed by atoms with van der Waals surface area (Å²) in [6.07, 6.45) is 3.21. The number of nitrogens with zero attached hydrogens (tertiary/aromatic N) is 1. The zero-order valence-corrected chi connectivity index (χ0v) is 18.8. The Morgan fingerprint density at radius 1 is 1.03 bits per heavy atom. The van der Waals surface area contributed by atoms with Gasteiger partial charge in [-0.3, -0.25) is 9.10 Å². The van der Waals surface area contributed by atoms with Crippen molar-refractivity contribution in [3.05, 3.63) is 64.7 Å². The summed E-state index contributed by atoms with van der Waals surface area (Å²) in [5, 5.41) is 2.93. The summed E-state index contributed by atoms with van der Waals surface area (Å²) in [4.78, 5) is 12.9. The molecule has 2 rings (SSSR count). The lowest BCUT2D eigenvalue weighted by molar-refractivity contribution is -0.122. The zero-order valence-electron chi connectivity index (χ0n) is 18.0. The van der Waals surface area contributed by atoms with E-state index in [0.29, 0.717) is 18.7 Å². The normalized spacial score (nSPS) is 12.4. The van der Waals surface area contributed by atoms with Crippen molar-refractivity contribution in [2.75, 3.05) is 17.1 Å². The average molecular weight is 417 g/mol. The Bertz CT molecular complexity index is 937. The smallest absolute Gasteiger partial charge is 0.243 e. The first-order valence-electron chi connectivity index (χ1n) is 10.0. The lowest BCUT2D eigenvalue weighted by Crippen LogP contribution is -2.49. The monoisotopic (exact) mass is 416 g/mol. The first kappa shape index (κ1) is 22.9. The van der Waals surface area contributed by atoms with Crippen molar-refractivity contribution in [3.63, 3.8) is 0 Å². The molecule has 0 spiro atoms. The molecule has 0 saturated carbocycles. The molecule has 1 atom stereocenters. The van der Waals surface area contributed by atoms with Crippen molar-refractivity contribution in [1.82, 2.24) is 5.32 Å². The van der Waals surface area contributed by atoms with Gasteiger partial charge in [-0.1, -0.05) is 48.9 Å². The van der Waals surface area contributed by atoms with Crippen LogP contribution < -0.4 is 9.62 Å². The first-order chi connectivity index (χ1) is 13.6. The third-order valence-corrected chi connectivity index (χ3v) is 6.16. The number of nitrogens with one attached hydrogen (secondary N) is 1. The maximum atomic E-state index is 12.9. The molecular weight excluding hydrogens is 384 g/mol. The minimum Gasteiger partial charge on any atom is -0.354 e. The second-order valence-corrected chi connectivity index (χ2v) is 9.51. The molecule has 1 N–H and O–H groups in total. The third-order valence-electron chi connectivity index (χ3n) is 4.99. The van der Waals surface area contributed by atoms with Crippen molar-refractivity contribution in [1.29, 1.82) is 0 Å². The fourth-order valence-electron chi connectivity index (χ4n) is 3.37. The SMILES string of the molecule is CC[C@@H](C(=O)NCCCc1ccc(C)cc1)N(c1cc(C)ccc1C)S(C)(=O)=O. The summed E-state index contributed by atoms with van der Waals surface area (Å²) in [6.45, 7) is 8.17. The Labute approximate surface area is 175 Å². The first-order valence-corrected chi connectivity index (χ1v) is 11.9. The number of aryl methyl sites for hydroxylation is 4. The van der Waals surface area contributed by atoms with Gasteiger partial charge in [-0.05, 0) is 62.8 Å². The molecule has 0 aliphatic heterocycles. The van der Waals surface area contributed by atoms with E-state index in [4.69, 9.17) is 0 Å². The highest BCUT2D eigenvalue weighted by atomic mass is 32.2. The predicted octanol–water partition coefficient (Wildman–Crippen LogP) is 3.91. The van der Waals surface area contributed by atoms with Crippen molar-refractivity contribution in [2.45, 2.75) is 53.0 Å². The number of rotatable bonds is 9. The van der Waals surface area contributed by atoms with E-state index in [0.717, 1.165) is 30.2 Å². The second kappa shape index (κ2) is 9.92. The zero-order chi connectivity index (χ0) is 21.6. The molecule has 0 bridgehead atoms. The van der Waals surface area contributed by atoms with E-state index in [1.807, 2.05) is 39.0 Å². The van der Waals surface area contributed by atoms with Gasteiger partial charge in [-0.2, -0.15) is 0 Å². The van der Waals surface area contributed by atoms with Crippen LogP contribution in [-0.2, 0) is 21.2 Å². The summed E-state index contributed by atoms with van der Waals surface area (Å²) in [5.41, 5.74) is 4.79. The van der Waals surface area contributed by atoms with E-state index in [9.17, 15) is 13.2 Å². The molecule has 2 aromatic rings. The number of carbonyl (C=O) groups is 1. The van der Waals surface area contributed by atoms with Gasteiger partial charge < -0.3 is 5.32 Å². The van der Waals surface area contributed by atoms with Crippen LogP contribution in [0.4, 0.5) is 5.69 Å². The number of hydrogen-bond donors (Lipinski definition) is 1. The summed E-state index contributed by atoms with van der Waals surface area (Å²) in [5.74, 6) is -0.261. The van der Waals surface area contributed by atoms with Gasteiger partial charge >= 0.3 is 0 Å². The molecule has 0 heterocycles. The summed E-state index contributed by atoms with van der Waals surface area (Å²) >= 11 is 0. The molecule has 6 heteroatoms. The Morgan fingerprint density at radius 2 is 1.66 bits per heavy atom. The van der Waals surface area contributed by atoms with Crippen LogP contribution >= 0.6 is 0 Å². The highest BCUT2D eigenvalue weighted by molar-refractivity contribution is 7.92. The van der Waals surface area contributed by atoms with E-state index in [-0.39, 0.29) is 5.91 Å². The fourth-order valence-corrected chi connectivity index (χ4v) is 4.63. The highest BCUT2D eigenvalue weighted by Crippen LogP contribution is 2.27. The number of hydrogen-bond acceptors (Lipinski definition) is 3. The van der Waals surface area contributed by atoms with Crippen LogP contribution in [-0.4, -0.2) is 33.2 Å². The van der Waals surface area contributed by atoms with Crippen LogP contribution in [0.3, 0.4) is 0 Å². The summed E-state index contributed by atoms with van der Waals surface area (Å²) < 4.78 is 26.4. The van der Waals surface area contributed by atoms with E-state index in [1.165, 1.54) is 15.4 Å². The van der Waals surface area contributed by atoms with Gasteiger partial charge in [0, 0.05) is 6.54 Å². The molecule has 2 aromatic carbocycles. The van der Waals surface area contributed by atoms with Crippen molar-refractivity contribution in [3.8, 4) is 0 Å². The Kier molecular flexibility index (Phi) is 7.85. The highest BCUT2D eigenvalue weighted by Gasteiger charge is 2.32. The van der Waals surface area contributed by atoms with Crippen LogP contribution in [0.25, 0.3) is 0 Å². The molecule has 0 aliphatic carbocycles. The topological polar surface area (TPSA) is 66.5 Å². The van der Waals surface area contributed by atoms with Crippen LogP contribution in [0.2, 0.25) is 0 Å². The van der Waals surface area contributed by atoms with Crippen molar-refractivity contribution < 1.29 is 13.2 Å². The summed E-state index contributed by atoms with van der Waals surface area (Å²) in [7, 11) is -3.62. The quantitative estimate of drug-likeness (QED) is 0.631. The van der Waals surface area contributed by atoms with Crippen LogP contribution in [0.5, 0.6) is 0 Å². The van der Waals surface area contributed by atoms with E-state index in [1.54, 1.807) is 0 Å². The molecule has 0 aliphatic rings. The van der Waals surface area contributed by atoms with E-state index in [2.05, 4.69) is 36.5 Å². The average Bonchev–Trinajstić information content (AvgIpc) is 2.65. The third kappa shape index (κ3) is 6.32. The van der Waals surface area contributed by atoms with Gasteiger partial charge in [-0.25, -0.2) is 8.42 Å². The molecule has 0 radical (unpaired) electrons. The largest absolute Gasteiger partial charge is 0.354 e. The fraction of sp³-hybridized carbons (Fsp3) is 0.435. The Balaban J connectivity index is 2.10. The number of carbonyl (C=O) groups excluding carboxylic acids is 1. The molecule has 158 valence electrons. The standard InChI is InChI=1S/C23H32N2O3S/c1-6-21(23(26)24-15-7-8-20-13-10-17(2)11-14-20)25(29(5,27)28)22-16-18(3)9-12-19(22)4/h9-14,16,21H,6-8,15H2,1-5H3,(H,24,26)/t21-/m0/s1. The number of sulfonamides is 1. The van der Waals surface area contributed by atoms with Gasteiger partial charge in [0.2, 0.25) is 15.9 Å². The molecule has 29 heavy (non-hydrogen) atoms. The van der Waals surface area contributed by atoms with Crippen molar-refractivity contribution in [2.24, 2.45) is 0 Å². The van der Waals surface area contributed by atoms with Gasteiger partial charge in [0.1, 0.15) is 6.04 Å². The Morgan fingerprint density at radius 3 is 2.24 bits per heavy atom. The molecule has 0 aromatic heterocycles. The predicted molar refractivity (Wildman–Crippen MR) is 120 cm³/mol. The van der Waals surface area contributed by atoms with Crippen LogP contribution in [0.1, 0.15) is 42.0 Å². The molecular formula is C23H32N2O3S. The minimum atomic E-state index is -3.62. The lowest BCUT2D eigenvalue weighted by Gasteiger charge is -2.31. The number of benzene rings is 2. The summed E-state index contributed by atoms with van der Waals surface area (Å²) in [6, 6.07) is 13.2. The van der Waals surface area contributed by atoms with Gasteiger partial charge in [-0.15, -0.1) is 0 Å². The minimum absolute atomic E-state index is 0.261. The second-order valence-electron chi connectivity index (χ2n) is 7.65. The van der Waals surface area contributed by atoms with Crippen LogP contribution in [0, 0.1) is 20.8 Å². The molecule has 1 amide bonds. The van der Waals surface area contributed by atoms with Crippen molar-refractivity contribution >= 4 is 21.6 Å². The maximum Gasteiger partial charge on any atom is 0.243 e. The molecule has 0 saturated heterocycles. The maximum absolute atomic E-state index is 12.9. The van der Waals surface area contributed by atoms with Gasteiger partial charge in [0.25, 0.3) is 0 Å². The number of anilines is 1. The van der Waals surface area contributed by atoms with E-state index < -0.39 is 16.1 Å².